The molecule has 0 aliphatic carbocycles. The Morgan fingerprint density at radius 1 is 0.926 bits per heavy atom. The Bertz CT molecular complexity index is 477. The lowest BCUT2D eigenvalue weighted by molar-refractivity contribution is 0.229. The van der Waals surface area contributed by atoms with Crippen molar-refractivity contribution in [2.45, 2.75) is 98.8 Å². The first-order valence-corrected chi connectivity index (χ1v) is 11.3. The predicted octanol–water partition coefficient (Wildman–Crippen LogP) is 8.34. The largest absolute Gasteiger partial charge is 0.490 e. The van der Waals surface area contributed by atoms with E-state index in [2.05, 4.69) is 27.7 Å². The van der Waals surface area contributed by atoms with E-state index in [0.29, 0.717) is 12.4 Å². The van der Waals surface area contributed by atoms with E-state index in [0.717, 1.165) is 29.7 Å². The molecule has 0 fully saturated rings. The summed E-state index contributed by atoms with van der Waals surface area (Å²) in [5.41, 5.74) is 0.881. The van der Waals surface area contributed by atoms with E-state index >= 15 is 0 Å². The number of benzene rings is 1. The Kier molecular flexibility index (Phi) is 12.5. The lowest BCUT2D eigenvalue weighted by Gasteiger charge is -2.26. The van der Waals surface area contributed by atoms with Crippen LogP contribution in [-0.2, 0) is 0 Å². The fourth-order valence-electron chi connectivity index (χ4n) is 4.16. The van der Waals surface area contributed by atoms with Gasteiger partial charge < -0.3 is 4.74 Å². The predicted molar refractivity (Wildman–Crippen MR) is 116 cm³/mol. The summed E-state index contributed by atoms with van der Waals surface area (Å²) in [6, 6.07) is 5.13. The molecule has 0 bridgehead atoms. The van der Waals surface area contributed by atoms with Crippen molar-refractivity contribution in [2.75, 3.05) is 6.61 Å². The van der Waals surface area contributed by atoms with E-state index in [1.165, 1.54) is 63.9 Å². The first kappa shape index (κ1) is 24.0. The molecule has 0 aliphatic rings. The third-order valence-electron chi connectivity index (χ3n) is 5.71. The van der Waals surface area contributed by atoms with Crippen LogP contribution in [0.25, 0.3) is 0 Å². The number of aryl methyl sites for hydroxylation is 1. The van der Waals surface area contributed by atoms with Crippen LogP contribution >= 0.6 is 0 Å². The average Bonchev–Trinajstić information content (AvgIpc) is 2.61. The topological polar surface area (TPSA) is 9.23 Å². The molecule has 0 aliphatic heterocycles. The number of halogens is 1. The molecule has 0 spiro atoms. The van der Waals surface area contributed by atoms with Crippen molar-refractivity contribution in [3.8, 4) is 5.75 Å². The molecule has 156 valence electrons. The van der Waals surface area contributed by atoms with Gasteiger partial charge in [-0.05, 0) is 55.6 Å². The van der Waals surface area contributed by atoms with Gasteiger partial charge in [0.05, 0.1) is 6.61 Å². The van der Waals surface area contributed by atoms with Crippen molar-refractivity contribution in [1.82, 2.24) is 0 Å². The fraction of sp³-hybridized carbons (Fsp3) is 0.760. The van der Waals surface area contributed by atoms with Crippen LogP contribution in [-0.4, -0.2) is 6.61 Å². The second-order valence-corrected chi connectivity index (χ2v) is 8.80. The van der Waals surface area contributed by atoms with E-state index < -0.39 is 0 Å². The normalized spacial score (nSPS) is 13.7. The molecule has 1 aromatic rings. The van der Waals surface area contributed by atoms with Gasteiger partial charge in [-0.15, -0.1) is 0 Å². The van der Waals surface area contributed by atoms with Gasteiger partial charge in [0.25, 0.3) is 0 Å². The zero-order valence-electron chi connectivity index (χ0n) is 18.5. The van der Waals surface area contributed by atoms with E-state index in [1.54, 1.807) is 6.07 Å². The Balaban J connectivity index is 2.40. The van der Waals surface area contributed by atoms with Gasteiger partial charge in [-0.25, -0.2) is 4.39 Å². The zero-order valence-corrected chi connectivity index (χ0v) is 18.5. The van der Waals surface area contributed by atoms with Crippen LogP contribution in [0.1, 0.15) is 97.5 Å². The number of hydrogen-bond donors (Lipinski definition) is 0. The molecule has 1 rings (SSSR count). The second kappa shape index (κ2) is 14.0. The first-order valence-electron chi connectivity index (χ1n) is 11.3. The summed E-state index contributed by atoms with van der Waals surface area (Å²) in [5, 5.41) is 0. The molecule has 0 heterocycles. The maximum Gasteiger partial charge on any atom is 0.165 e. The van der Waals surface area contributed by atoms with Crippen LogP contribution in [0.15, 0.2) is 18.2 Å². The fourth-order valence-corrected chi connectivity index (χ4v) is 4.16. The molecule has 2 heteroatoms. The van der Waals surface area contributed by atoms with Crippen LogP contribution < -0.4 is 4.74 Å². The molecule has 0 aromatic heterocycles. The smallest absolute Gasteiger partial charge is 0.165 e. The summed E-state index contributed by atoms with van der Waals surface area (Å²) in [4.78, 5) is 0. The maximum atomic E-state index is 13.9. The van der Waals surface area contributed by atoms with E-state index in [9.17, 15) is 4.39 Å². The van der Waals surface area contributed by atoms with Gasteiger partial charge in [0.2, 0.25) is 0 Å². The third-order valence-corrected chi connectivity index (χ3v) is 5.71. The third kappa shape index (κ3) is 10.2. The molecule has 0 radical (unpaired) electrons. The monoisotopic (exact) mass is 378 g/mol. The van der Waals surface area contributed by atoms with Crippen molar-refractivity contribution in [3.05, 3.63) is 29.6 Å². The van der Waals surface area contributed by atoms with Crippen LogP contribution in [0.3, 0.4) is 0 Å². The highest BCUT2D eigenvalue weighted by Crippen LogP contribution is 2.29. The zero-order chi connectivity index (χ0) is 20.1. The molecule has 27 heavy (non-hydrogen) atoms. The molecule has 2 atom stereocenters. The summed E-state index contributed by atoms with van der Waals surface area (Å²) in [7, 11) is 0. The van der Waals surface area contributed by atoms with Crippen LogP contribution in [0.5, 0.6) is 5.75 Å². The number of rotatable bonds is 15. The maximum absolute atomic E-state index is 13.9. The SMILES string of the molecule is CCCCCCCCC(CCCOc1c(C)cccc1F)C(C)CC(C)C. The first-order chi connectivity index (χ1) is 13.0. The average molecular weight is 379 g/mol. The van der Waals surface area contributed by atoms with Gasteiger partial charge in [-0.3, -0.25) is 0 Å². The highest BCUT2D eigenvalue weighted by Gasteiger charge is 2.18. The Morgan fingerprint density at radius 2 is 1.59 bits per heavy atom. The van der Waals surface area contributed by atoms with Crippen LogP contribution in [0.2, 0.25) is 0 Å². The molecule has 0 saturated heterocycles. The van der Waals surface area contributed by atoms with Crippen LogP contribution in [0, 0.1) is 30.5 Å². The summed E-state index contributed by atoms with van der Waals surface area (Å²) in [6.07, 6.45) is 13.0. The van der Waals surface area contributed by atoms with Gasteiger partial charge in [0, 0.05) is 0 Å². The Morgan fingerprint density at radius 3 is 2.26 bits per heavy atom. The molecular weight excluding hydrogens is 335 g/mol. The highest BCUT2D eigenvalue weighted by atomic mass is 19.1. The van der Waals surface area contributed by atoms with Crippen molar-refractivity contribution >= 4 is 0 Å². The standard InChI is InChI=1S/C25H43FO/c1-6-7-8-9-10-11-15-23(22(5)19-20(2)3)16-13-18-27-25-21(4)14-12-17-24(25)26/h12,14,17,20,22-23H,6-11,13,15-16,18-19H2,1-5H3. The molecule has 0 amide bonds. The minimum absolute atomic E-state index is 0.244. The number of ether oxygens (including phenoxy) is 1. The van der Waals surface area contributed by atoms with Crippen molar-refractivity contribution in [1.29, 1.82) is 0 Å². The van der Waals surface area contributed by atoms with Crippen molar-refractivity contribution < 1.29 is 9.13 Å². The van der Waals surface area contributed by atoms with Gasteiger partial charge in [0.15, 0.2) is 11.6 Å². The summed E-state index contributed by atoms with van der Waals surface area (Å²) >= 11 is 0. The van der Waals surface area contributed by atoms with E-state index in [1.807, 2.05) is 13.0 Å². The molecule has 0 N–H and O–H groups in total. The van der Waals surface area contributed by atoms with E-state index in [-0.39, 0.29) is 5.82 Å². The lowest BCUT2D eigenvalue weighted by Crippen LogP contribution is -2.15. The Hall–Kier alpha value is -1.05. The van der Waals surface area contributed by atoms with Gasteiger partial charge in [-0.1, -0.05) is 84.8 Å². The summed E-state index contributed by atoms with van der Waals surface area (Å²) in [5.74, 6) is 2.47. The lowest BCUT2D eigenvalue weighted by atomic mass is 9.81. The van der Waals surface area contributed by atoms with Gasteiger partial charge in [-0.2, -0.15) is 0 Å². The van der Waals surface area contributed by atoms with Gasteiger partial charge in [0.1, 0.15) is 0 Å². The number of unbranched alkanes of at least 4 members (excludes halogenated alkanes) is 5. The number of hydrogen-bond acceptors (Lipinski definition) is 1. The van der Waals surface area contributed by atoms with Crippen molar-refractivity contribution in [3.63, 3.8) is 0 Å². The second-order valence-electron chi connectivity index (χ2n) is 8.80. The quantitative estimate of drug-likeness (QED) is 0.279. The minimum Gasteiger partial charge on any atom is -0.490 e. The van der Waals surface area contributed by atoms with Crippen LogP contribution in [0.4, 0.5) is 4.39 Å². The summed E-state index contributed by atoms with van der Waals surface area (Å²) in [6.45, 7) is 11.9. The van der Waals surface area contributed by atoms with E-state index in [4.69, 9.17) is 4.74 Å². The molecule has 1 nitrogen and oxygen atoms in total. The van der Waals surface area contributed by atoms with Crippen molar-refractivity contribution in [2.24, 2.45) is 17.8 Å². The van der Waals surface area contributed by atoms with Gasteiger partial charge >= 0.3 is 0 Å². The Labute approximate surface area is 168 Å². The number of para-hydroxylation sites is 1. The molecular formula is C25H43FO. The molecule has 0 saturated carbocycles. The minimum atomic E-state index is -0.244. The molecule has 1 aromatic carbocycles. The summed E-state index contributed by atoms with van der Waals surface area (Å²) < 4.78 is 19.7. The molecule has 2 unspecified atom stereocenters. The highest BCUT2D eigenvalue weighted by molar-refractivity contribution is 5.33.